The van der Waals surface area contributed by atoms with Crippen molar-refractivity contribution in [3.63, 3.8) is 0 Å². The zero-order chi connectivity index (χ0) is 13.3. The van der Waals surface area contributed by atoms with Crippen LogP contribution in [0.2, 0.25) is 0 Å². The maximum Gasteiger partial charge on any atom is 0.250 e. The number of hydrogen-bond donors (Lipinski definition) is 3. The Morgan fingerprint density at radius 2 is 2.17 bits per heavy atom. The number of nitrogens with one attached hydrogen (secondary N) is 1. The number of benzene rings is 1. The number of rotatable bonds is 5. The average Bonchev–Trinajstić information content (AvgIpc) is 3.12. The molecular weight excluding hydrogens is 226 g/mol. The molecule has 0 heterocycles. The van der Waals surface area contributed by atoms with Crippen LogP contribution in [0.1, 0.15) is 35.7 Å². The minimum absolute atomic E-state index is 0.155. The molecule has 1 aromatic rings. The summed E-state index contributed by atoms with van der Waals surface area (Å²) < 4.78 is 0. The molecule has 4 nitrogen and oxygen atoms in total. The summed E-state index contributed by atoms with van der Waals surface area (Å²) in [6, 6.07) is 5.61. The van der Waals surface area contributed by atoms with Gasteiger partial charge in [0.05, 0.1) is 5.56 Å². The van der Waals surface area contributed by atoms with Gasteiger partial charge < -0.3 is 16.8 Å². The summed E-state index contributed by atoms with van der Waals surface area (Å²) in [6.45, 7) is 4.65. The lowest BCUT2D eigenvalue weighted by molar-refractivity contribution is 0.100. The molecule has 0 bridgehead atoms. The fourth-order valence-electron chi connectivity index (χ4n) is 2.32. The molecule has 1 aliphatic carbocycles. The molecule has 1 aliphatic rings. The van der Waals surface area contributed by atoms with Crippen LogP contribution in [0.4, 0.5) is 5.69 Å². The van der Waals surface area contributed by atoms with E-state index < -0.39 is 5.91 Å². The highest BCUT2D eigenvalue weighted by molar-refractivity contribution is 5.98. The van der Waals surface area contributed by atoms with Gasteiger partial charge in [-0.15, -0.1) is 0 Å². The largest absolute Gasteiger partial charge is 0.378 e. The van der Waals surface area contributed by atoms with E-state index in [0.717, 1.165) is 11.3 Å². The molecular formula is C14H21N3O. The third-order valence-corrected chi connectivity index (χ3v) is 3.76. The summed E-state index contributed by atoms with van der Waals surface area (Å²) >= 11 is 0. The van der Waals surface area contributed by atoms with Crippen LogP contribution in [0.25, 0.3) is 0 Å². The van der Waals surface area contributed by atoms with E-state index in [-0.39, 0.29) is 5.54 Å². The van der Waals surface area contributed by atoms with Crippen LogP contribution in [-0.4, -0.2) is 18.0 Å². The van der Waals surface area contributed by atoms with Gasteiger partial charge in [-0.25, -0.2) is 0 Å². The SMILES string of the molecule is Cc1ccc(C(N)=O)c(NC(C)(CN)C2CC2)c1. The Bertz CT molecular complexity index is 468. The first kappa shape index (κ1) is 12.9. The highest BCUT2D eigenvalue weighted by atomic mass is 16.1. The van der Waals surface area contributed by atoms with E-state index in [9.17, 15) is 4.79 Å². The minimum Gasteiger partial charge on any atom is -0.378 e. The van der Waals surface area contributed by atoms with Crippen molar-refractivity contribution in [1.29, 1.82) is 0 Å². The second kappa shape index (κ2) is 4.61. The zero-order valence-corrected chi connectivity index (χ0v) is 11.0. The number of aryl methyl sites for hydroxylation is 1. The van der Waals surface area contributed by atoms with E-state index in [0.29, 0.717) is 18.0 Å². The van der Waals surface area contributed by atoms with E-state index in [2.05, 4.69) is 12.2 Å². The van der Waals surface area contributed by atoms with Crippen molar-refractivity contribution in [3.8, 4) is 0 Å². The summed E-state index contributed by atoms with van der Waals surface area (Å²) in [5.41, 5.74) is 13.6. The van der Waals surface area contributed by atoms with Crippen LogP contribution in [0, 0.1) is 12.8 Å². The first-order valence-corrected chi connectivity index (χ1v) is 6.35. The molecule has 1 atom stereocenters. The van der Waals surface area contributed by atoms with Crippen LogP contribution in [-0.2, 0) is 0 Å². The van der Waals surface area contributed by atoms with Crippen LogP contribution in [0.3, 0.4) is 0 Å². The molecule has 98 valence electrons. The number of anilines is 1. The van der Waals surface area contributed by atoms with Gasteiger partial charge in [-0.3, -0.25) is 4.79 Å². The second-order valence-corrected chi connectivity index (χ2v) is 5.43. The Labute approximate surface area is 108 Å². The molecule has 0 aromatic heterocycles. The Morgan fingerprint density at radius 1 is 1.50 bits per heavy atom. The number of hydrogen-bond acceptors (Lipinski definition) is 3. The standard InChI is InChI=1S/C14H21N3O/c1-9-3-6-11(13(16)18)12(7-9)17-14(2,8-15)10-4-5-10/h3,6-7,10,17H,4-5,8,15H2,1-2H3,(H2,16,18). The molecule has 1 fully saturated rings. The lowest BCUT2D eigenvalue weighted by Crippen LogP contribution is -2.45. The summed E-state index contributed by atoms with van der Waals surface area (Å²) in [7, 11) is 0. The number of amides is 1. The van der Waals surface area contributed by atoms with E-state index in [1.165, 1.54) is 12.8 Å². The minimum atomic E-state index is -0.410. The van der Waals surface area contributed by atoms with E-state index in [1.807, 2.05) is 19.1 Å². The number of primary amides is 1. The zero-order valence-electron chi connectivity index (χ0n) is 11.0. The molecule has 4 heteroatoms. The third-order valence-electron chi connectivity index (χ3n) is 3.76. The first-order chi connectivity index (χ1) is 8.46. The van der Waals surface area contributed by atoms with Crippen molar-refractivity contribution in [3.05, 3.63) is 29.3 Å². The van der Waals surface area contributed by atoms with Gasteiger partial charge in [0.25, 0.3) is 5.91 Å². The Kier molecular flexibility index (Phi) is 3.30. The highest BCUT2D eigenvalue weighted by Gasteiger charge is 2.40. The topological polar surface area (TPSA) is 81.1 Å². The summed E-state index contributed by atoms with van der Waals surface area (Å²) in [5, 5.41) is 3.43. The Morgan fingerprint density at radius 3 is 2.67 bits per heavy atom. The van der Waals surface area contributed by atoms with Gasteiger partial charge in [0.15, 0.2) is 0 Å². The predicted octanol–water partition coefficient (Wildman–Crippen LogP) is 1.63. The van der Waals surface area contributed by atoms with Gasteiger partial charge >= 0.3 is 0 Å². The van der Waals surface area contributed by atoms with Gasteiger partial charge in [0.1, 0.15) is 0 Å². The van der Waals surface area contributed by atoms with Crippen LogP contribution >= 0.6 is 0 Å². The van der Waals surface area contributed by atoms with E-state index >= 15 is 0 Å². The normalized spacial score (nSPS) is 18.2. The molecule has 1 aromatic carbocycles. The van der Waals surface area contributed by atoms with Crippen LogP contribution < -0.4 is 16.8 Å². The van der Waals surface area contributed by atoms with E-state index in [1.54, 1.807) is 6.07 Å². The predicted molar refractivity (Wildman–Crippen MR) is 73.5 cm³/mol. The van der Waals surface area contributed by atoms with Gasteiger partial charge in [0.2, 0.25) is 0 Å². The first-order valence-electron chi connectivity index (χ1n) is 6.35. The molecule has 2 rings (SSSR count). The van der Waals surface area contributed by atoms with Crippen molar-refractivity contribution in [2.75, 3.05) is 11.9 Å². The number of carbonyl (C=O) groups excluding carboxylic acids is 1. The van der Waals surface area contributed by atoms with Crippen molar-refractivity contribution in [1.82, 2.24) is 0 Å². The van der Waals surface area contributed by atoms with Crippen LogP contribution in [0.5, 0.6) is 0 Å². The van der Waals surface area contributed by atoms with Crippen molar-refractivity contribution >= 4 is 11.6 Å². The Balaban J connectivity index is 2.32. The number of nitrogens with two attached hydrogens (primary N) is 2. The lowest BCUT2D eigenvalue weighted by atomic mass is 9.94. The third kappa shape index (κ3) is 2.48. The van der Waals surface area contributed by atoms with Crippen molar-refractivity contribution < 1.29 is 4.79 Å². The molecule has 0 saturated heterocycles. The molecule has 18 heavy (non-hydrogen) atoms. The molecule has 5 N–H and O–H groups in total. The van der Waals surface area contributed by atoms with Crippen LogP contribution in [0.15, 0.2) is 18.2 Å². The van der Waals surface area contributed by atoms with Crippen molar-refractivity contribution in [2.45, 2.75) is 32.2 Å². The van der Waals surface area contributed by atoms with Gasteiger partial charge in [-0.05, 0) is 50.3 Å². The maximum absolute atomic E-state index is 11.4. The van der Waals surface area contributed by atoms with Crippen molar-refractivity contribution in [2.24, 2.45) is 17.4 Å². The molecule has 0 spiro atoms. The fraction of sp³-hybridized carbons (Fsp3) is 0.500. The molecule has 1 unspecified atom stereocenters. The Hall–Kier alpha value is -1.55. The van der Waals surface area contributed by atoms with Gasteiger partial charge in [-0.2, -0.15) is 0 Å². The fourth-order valence-corrected chi connectivity index (χ4v) is 2.32. The maximum atomic E-state index is 11.4. The summed E-state index contributed by atoms with van der Waals surface area (Å²) in [6.07, 6.45) is 2.39. The smallest absolute Gasteiger partial charge is 0.250 e. The van der Waals surface area contributed by atoms with E-state index in [4.69, 9.17) is 11.5 Å². The van der Waals surface area contributed by atoms with Gasteiger partial charge in [0, 0.05) is 17.8 Å². The highest BCUT2D eigenvalue weighted by Crippen LogP contribution is 2.41. The molecule has 1 saturated carbocycles. The lowest BCUT2D eigenvalue weighted by Gasteiger charge is -2.31. The summed E-state index contributed by atoms with van der Waals surface area (Å²) in [4.78, 5) is 11.4. The number of carbonyl (C=O) groups is 1. The quantitative estimate of drug-likeness (QED) is 0.739. The average molecular weight is 247 g/mol. The second-order valence-electron chi connectivity index (χ2n) is 5.43. The monoisotopic (exact) mass is 247 g/mol. The molecule has 0 aliphatic heterocycles. The molecule has 1 amide bonds. The summed E-state index contributed by atoms with van der Waals surface area (Å²) in [5.74, 6) is 0.177. The van der Waals surface area contributed by atoms with Gasteiger partial charge in [-0.1, -0.05) is 6.07 Å². The molecule has 0 radical (unpaired) electrons.